The zero-order valence-electron chi connectivity index (χ0n) is 21.2. The van der Waals surface area contributed by atoms with Gasteiger partial charge in [0.25, 0.3) is 5.95 Å². The number of rotatable bonds is 7. The molecule has 0 bridgehead atoms. The molecule has 4 rings (SSSR count). The van der Waals surface area contributed by atoms with Crippen molar-refractivity contribution in [1.82, 2.24) is 20.2 Å². The number of benzene rings is 2. The fourth-order valence-electron chi connectivity index (χ4n) is 4.72. The minimum Gasteiger partial charge on any atom is -0.385 e. The molecule has 3 aromatic rings. The summed E-state index contributed by atoms with van der Waals surface area (Å²) in [6, 6.07) is 3.80. The Morgan fingerprint density at radius 3 is 1.88 bits per heavy atom. The van der Waals surface area contributed by atoms with Gasteiger partial charge in [0.05, 0.1) is 29.3 Å². The molecular weight excluding hydrogens is 557 g/mol. The first-order chi connectivity index (χ1) is 18.4. The molecule has 0 amide bonds. The van der Waals surface area contributed by atoms with Gasteiger partial charge in [0.1, 0.15) is 0 Å². The zero-order chi connectivity index (χ0) is 29.7. The summed E-state index contributed by atoms with van der Waals surface area (Å²) >= 11 is 0. The minimum atomic E-state index is -5.10. The third-order valence-corrected chi connectivity index (χ3v) is 7.04. The summed E-state index contributed by atoms with van der Waals surface area (Å²) in [5.74, 6) is -0.496. The first-order valence-corrected chi connectivity index (χ1v) is 12.1. The molecule has 218 valence electrons. The van der Waals surface area contributed by atoms with E-state index in [9.17, 15) is 44.6 Å². The van der Waals surface area contributed by atoms with Crippen molar-refractivity contribution in [3.05, 3.63) is 69.8 Å². The number of tetrazole rings is 1. The van der Waals surface area contributed by atoms with E-state index in [1.807, 2.05) is 0 Å². The molecule has 40 heavy (non-hydrogen) atoms. The molecule has 1 heterocycles. The largest absolute Gasteiger partial charge is 0.416 e. The van der Waals surface area contributed by atoms with Gasteiger partial charge in [0.2, 0.25) is 0 Å². The fourth-order valence-corrected chi connectivity index (χ4v) is 4.72. The van der Waals surface area contributed by atoms with Crippen LogP contribution < -0.4 is 4.90 Å². The second-order valence-corrected chi connectivity index (χ2v) is 9.99. The van der Waals surface area contributed by atoms with Crippen molar-refractivity contribution in [2.45, 2.75) is 63.4 Å². The third kappa shape index (κ3) is 6.34. The number of aliphatic hydroxyl groups is 1. The number of anilines is 1. The van der Waals surface area contributed by atoms with Crippen LogP contribution >= 0.6 is 0 Å². The summed E-state index contributed by atoms with van der Waals surface area (Å²) in [6.45, 7) is 0.349. The first kappa shape index (κ1) is 29.6. The van der Waals surface area contributed by atoms with Crippen LogP contribution in [0.1, 0.15) is 59.6 Å². The topological polar surface area (TPSA) is 67.1 Å². The smallest absolute Gasteiger partial charge is 0.385 e. The maximum absolute atomic E-state index is 13.6. The van der Waals surface area contributed by atoms with Gasteiger partial charge in [-0.1, -0.05) is 17.6 Å². The van der Waals surface area contributed by atoms with Gasteiger partial charge in [-0.05, 0) is 77.9 Å². The van der Waals surface area contributed by atoms with Crippen LogP contribution in [0.3, 0.4) is 0 Å². The summed E-state index contributed by atoms with van der Waals surface area (Å²) in [7, 11) is 1.36. The molecule has 1 saturated carbocycles. The van der Waals surface area contributed by atoms with Crippen LogP contribution in [0.15, 0.2) is 36.4 Å². The molecule has 1 aliphatic carbocycles. The third-order valence-electron chi connectivity index (χ3n) is 7.04. The zero-order valence-corrected chi connectivity index (χ0v) is 21.2. The van der Waals surface area contributed by atoms with Gasteiger partial charge in [-0.15, -0.1) is 5.10 Å². The van der Waals surface area contributed by atoms with E-state index < -0.39 is 59.5 Å². The van der Waals surface area contributed by atoms with Crippen molar-refractivity contribution in [3.8, 4) is 0 Å². The van der Waals surface area contributed by atoms with Gasteiger partial charge in [-0.2, -0.15) is 44.3 Å². The van der Waals surface area contributed by atoms with Crippen LogP contribution in [-0.4, -0.2) is 25.3 Å². The van der Waals surface area contributed by atoms with E-state index in [1.54, 1.807) is 0 Å². The second-order valence-electron chi connectivity index (χ2n) is 9.99. The molecule has 0 aliphatic heterocycles. The lowest BCUT2D eigenvalue weighted by Crippen LogP contribution is -2.38. The Kier molecular flexibility index (Phi) is 7.58. The molecule has 6 nitrogen and oxygen atoms in total. The van der Waals surface area contributed by atoms with Crippen LogP contribution in [0.4, 0.5) is 45.5 Å². The number of nitrogens with zero attached hydrogens (tertiary/aromatic N) is 5. The maximum Gasteiger partial charge on any atom is 0.416 e. The number of hydrogen-bond acceptors (Lipinski definition) is 5. The Bertz CT molecular complexity index is 1330. The Morgan fingerprint density at radius 2 is 1.43 bits per heavy atom. The molecule has 1 atom stereocenters. The van der Waals surface area contributed by atoms with E-state index in [4.69, 9.17) is 0 Å². The predicted octanol–water partition coefficient (Wildman–Crippen LogP) is 6.48. The van der Waals surface area contributed by atoms with E-state index in [-0.39, 0.29) is 29.1 Å². The average Bonchev–Trinajstić information content (AvgIpc) is 3.21. The van der Waals surface area contributed by atoms with Crippen LogP contribution in [0, 0.1) is 5.92 Å². The lowest BCUT2D eigenvalue weighted by atomic mass is 9.69. The average molecular weight is 581 g/mol. The van der Waals surface area contributed by atoms with Crippen molar-refractivity contribution in [2.24, 2.45) is 13.0 Å². The normalized spacial score (nSPS) is 16.5. The highest BCUT2D eigenvalue weighted by molar-refractivity contribution is 5.43. The Hall–Kier alpha value is -3.36. The summed E-state index contributed by atoms with van der Waals surface area (Å²) in [6.07, 6.45) is -12.9. The van der Waals surface area contributed by atoms with E-state index >= 15 is 0 Å². The van der Waals surface area contributed by atoms with Gasteiger partial charge >= 0.3 is 18.5 Å². The van der Waals surface area contributed by atoms with Crippen molar-refractivity contribution in [1.29, 1.82) is 0 Å². The van der Waals surface area contributed by atoms with Gasteiger partial charge < -0.3 is 10.0 Å². The highest BCUT2D eigenvalue weighted by Gasteiger charge is 2.41. The summed E-state index contributed by atoms with van der Waals surface area (Å²) < 4.78 is 122. The predicted molar refractivity (Wildman–Crippen MR) is 123 cm³/mol. The van der Waals surface area contributed by atoms with E-state index in [0.29, 0.717) is 25.0 Å². The first-order valence-electron chi connectivity index (χ1n) is 12.1. The minimum absolute atomic E-state index is 0.0187. The van der Waals surface area contributed by atoms with Crippen molar-refractivity contribution in [3.63, 3.8) is 0 Å². The van der Waals surface area contributed by atoms with Crippen LogP contribution in [0.2, 0.25) is 0 Å². The monoisotopic (exact) mass is 581 g/mol. The molecule has 1 aromatic heterocycles. The molecule has 0 spiro atoms. The highest BCUT2D eigenvalue weighted by Crippen LogP contribution is 2.45. The van der Waals surface area contributed by atoms with E-state index in [2.05, 4.69) is 15.4 Å². The molecule has 0 radical (unpaired) electrons. The summed E-state index contributed by atoms with van der Waals surface area (Å²) in [5, 5.41) is 22.7. The molecule has 1 unspecified atom stereocenters. The SMILES string of the molecule is Cn1nnc(N(Cc2cc(C(F)(F)F)cc(C(F)(F)F)c2)Cc2cc(C(F)(F)F)ccc2C(C)(O)C2CCC2)n1. The lowest BCUT2D eigenvalue weighted by Gasteiger charge is -2.40. The fraction of sp³-hybridized carbons (Fsp3) is 0.480. The number of aryl methyl sites for hydroxylation is 1. The number of aromatic nitrogens is 4. The van der Waals surface area contributed by atoms with Crippen LogP contribution in [-0.2, 0) is 44.3 Å². The lowest BCUT2D eigenvalue weighted by molar-refractivity contribution is -0.143. The van der Waals surface area contributed by atoms with Gasteiger partial charge in [0.15, 0.2) is 0 Å². The van der Waals surface area contributed by atoms with Crippen LogP contribution in [0.5, 0.6) is 0 Å². The molecule has 1 N–H and O–H groups in total. The number of halogens is 9. The van der Waals surface area contributed by atoms with Crippen LogP contribution in [0.25, 0.3) is 0 Å². The molecule has 1 fully saturated rings. The van der Waals surface area contributed by atoms with Crippen molar-refractivity contribution >= 4 is 5.95 Å². The standard InChI is InChI=1S/C25H24F9N5O/c1-22(40,16-4-3-5-16)20-7-6-17(23(26,27)28)10-15(20)13-39(21-35-37-38(2)36-21)12-14-8-18(24(29,30)31)11-19(9-14)25(32,33)34/h6-11,16,40H,3-5,12-13H2,1-2H3. The quantitative estimate of drug-likeness (QED) is 0.324. The number of hydrogen-bond donors (Lipinski definition) is 1. The summed E-state index contributed by atoms with van der Waals surface area (Å²) in [4.78, 5) is 2.09. The van der Waals surface area contributed by atoms with Gasteiger partial charge in [0, 0.05) is 13.1 Å². The molecule has 1 aliphatic rings. The molecule has 15 heteroatoms. The van der Waals surface area contributed by atoms with Crippen molar-refractivity contribution in [2.75, 3.05) is 4.90 Å². The maximum atomic E-state index is 13.6. The second kappa shape index (κ2) is 10.2. The van der Waals surface area contributed by atoms with Gasteiger partial charge in [-0.3, -0.25) is 0 Å². The molecule has 2 aromatic carbocycles. The molecular formula is C25H24F9N5O. The Balaban J connectivity index is 1.82. The Morgan fingerprint density at radius 1 is 0.850 bits per heavy atom. The van der Waals surface area contributed by atoms with E-state index in [0.717, 1.165) is 34.3 Å². The summed E-state index contributed by atoms with van der Waals surface area (Å²) in [5.41, 5.74) is -6.00. The van der Waals surface area contributed by atoms with Crippen molar-refractivity contribution < 1.29 is 44.6 Å². The highest BCUT2D eigenvalue weighted by atomic mass is 19.4. The van der Waals surface area contributed by atoms with Gasteiger partial charge in [-0.25, -0.2) is 0 Å². The van der Waals surface area contributed by atoms with E-state index in [1.165, 1.54) is 14.0 Å². The Labute approximate surface area is 222 Å². The number of alkyl halides is 9. The molecule has 0 saturated heterocycles.